The van der Waals surface area contributed by atoms with Gasteiger partial charge in [-0.15, -0.1) is 0 Å². The van der Waals surface area contributed by atoms with Crippen molar-refractivity contribution in [1.82, 2.24) is 4.98 Å². The Balaban J connectivity index is 1.48. The minimum Gasteiger partial charge on any atom is -0.496 e. The number of hydrogen-bond acceptors (Lipinski definition) is 3. The van der Waals surface area contributed by atoms with Crippen molar-refractivity contribution in [3.63, 3.8) is 0 Å². The van der Waals surface area contributed by atoms with Gasteiger partial charge in [-0.1, -0.05) is 25.0 Å². The molecule has 2 aliphatic rings. The quantitative estimate of drug-likeness (QED) is 0.357. The van der Waals surface area contributed by atoms with Crippen LogP contribution in [0.4, 0.5) is 10.1 Å². The zero-order valence-electron chi connectivity index (χ0n) is 20.8. The zero-order chi connectivity index (χ0) is 23.8. The lowest BCUT2D eigenvalue weighted by atomic mass is 9.86. The van der Waals surface area contributed by atoms with E-state index in [9.17, 15) is 4.39 Å². The summed E-state index contributed by atoms with van der Waals surface area (Å²) in [6, 6.07) is 9.83. The van der Waals surface area contributed by atoms with Gasteiger partial charge in [0.05, 0.1) is 12.8 Å². The topological polar surface area (TPSA) is 34.1 Å². The third-order valence-electron chi connectivity index (χ3n) is 7.61. The predicted octanol–water partition coefficient (Wildman–Crippen LogP) is 7.65. The molecule has 0 radical (unpaired) electrons. The summed E-state index contributed by atoms with van der Waals surface area (Å²) in [7, 11) is 1.70. The summed E-state index contributed by atoms with van der Waals surface area (Å²) < 4.78 is 20.9. The Morgan fingerprint density at radius 3 is 2.24 bits per heavy atom. The molecule has 34 heavy (non-hydrogen) atoms. The summed E-state index contributed by atoms with van der Waals surface area (Å²) in [5.41, 5.74) is 9.14. The maximum absolute atomic E-state index is 15.0. The van der Waals surface area contributed by atoms with E-state index in [1.807, 2.05) is 18.3 Å². The Morgan fingerprint density at radius 2 is 1.62 bits per heavy atom. The van der Waals surface area contributed by atoms with E-state index < -0.39 is 0 Å². The van der Waals surface area contributed by atoms with E-state index in [2.05, 4.69) is 38.2 Å². The monoisotopic (exact) mass is 458 g/mol. The van der Waals surface area contributed by atoms with E-state index in [4.69, 9.17) is 9.72 Å². The van der Waals surface area contributed by atoms with Crippen LogP contribution in [0.5, 0.6) is 5.75 Å². The molecule has 3 aromatic rings. The average molecular weight is 459 g/mol. The van der Waals surface area contributed by atoms with Gasteiger partial charge < -0.3 is 10.1 Å². The summed E-state index contributed by atoms with van der Waals surface area (Å²) in [6.45, 7) is 7.18. The van der Waals surface area contributed by atoms with Gasteiger partial charge in [0.1, 0.15) is 11.6 Å². The Hall–Kier alpha value is -2.88. The average Bonchev–Trinajstić information content (AvgIpc) is 3.75. The normalized spacial score (nSPS) is 15.4. The molecule has 0 atom stereocenters. The molecule has 2 saturated carbocycles. The number of pyridine rings is 1. The number of ether oxygens (including phenoxy) is 1. The fraction of sp³-hybridized carbons (Fsp3) is 0.433. The summed E-state index contributed by atoms with van der Waals surface area (Å²) in [4.78, 5) is 4.76. The van der Waals surface area contributed by atoms with Crippen LogP contribution in [0, 0.1) is 38.4 Å². The molecule has 2 aliphatic carbocycles. The summed E-state index contributed by atoms with van der Waals surface area (Å²) in [5, 5.41) is 3.26. The second-order valence-corrected chi connectivity index (χ2v) is 10.2. The number of anilines is 1. The maximum Gasteiger partial charge on any atom is 0.146 e. The molecule has 2 fully saturated rings. The number of aryl methyl sites for hydroxylation is 1. The van der Waals surface area contributed by atoms with Crippen molar-refractivity contribution in [2.75, 3.05) is 19.0 Å². The largest absolute Gasteiger partial charge is 0.496 e. The first-order valence-corrected chi connectivity index (χ1v) is 12.6. The molecule has 1 heterocycles. The highest BCUT2D eigenvalue weighted by molar-refractivity contribution is 5.85. The molecule has 1 N–H and O–H groups in total. The number of rotatable bonds is 9. The molecular formula is C30H35FN2O. The van der Waals surface area contributed by atoms with Crippen molar-refractivity contribution >= 4 is 5.69 Å². The fourth-order valence-electron chi connectivity index (χ4n) is 5.03. The molecular weight excluding hydrogens is 423 g/mol. The number of halogens is 1. The molecule has 3 nitrogen and oxygen atoms in total. The third-order valence-corrected chi connectivity index (χ3v) is 7.61. The van der Waals surface area contributed by atoms with Gasteiger partial charge in [0, 0.05) is 29.6 Å². The molecule has 0 bridgehead atoms. The first-order chi connectivity index (χ1) is 16.5. The Bertz CT molecular complexity index is 1190. The van der Waals surface area contributed by atoms with E-state index in [-0.39, 0.29) is 5.82 Å². The molecule has 2 aromatic carbocycles. The van der Waals surface area contributed by atoms with Gasteiger partial charge in [-0.25, -0.2) is 4.39 Å². The number of hydrogen-bond donors (Lipinski definition) is 1. The Labute approximate surface area is 202 Å². The van der Waals surface area contributed by atoms with Crippen molar-refractivity contribution in [3.05, 3.63) is 64.7 Å². The summed E-state index contributed by atoms with van der Waals surface area (Å²) in [6.07, 6.45) is 9.55. The van der Waals surface area contributed by atoms with Gasteiger partial charge >= 0.3 is 0 Å². The van der Waals surface area contributed by atoms with Gasteiger partial charge in [-0.2, -0.15) is 0 Å². The first kappa shape index (κ1) is 22.9. The van der Waals surface area contributed by atoms with Gasteiger partial charge in [-0.3, -0.25) is 4.98 Å². The zero-order valence-corrected chi connectivity index (χ0v) is 20.8. The van der Waals surface area contributed by atoms with Crippen LogP contribution in [0.1, 0.15) is 54.5 Å². The van der Waals surface area contributed by atoms with Gasteiger partial charge in [0.25, 0.3) is 0 Å². The molecule has 4 heteroatoms. The van der Waals surface area contributed by atoms with Crippen LogP contribution >= 0.6 is 0 Å². The van der Waals surface area contributed by atoms with E-state index in [0.29, 0.717) is 11.6 Å². The van der Waals surface area contributed by atoms with E-state index in [1.165, 1.54) is 37.7 Å². The van der Waals surface area contributed by atoms with Crippen LogP contribution in [0.15, 0.2) is 36.5 Å². The fourth-order valence-corrected chi connectivity index (χ4v) is 5.03. The number of aromatic nitrogens is 1. The molecule has 0 spiro atoms. The van der Waals surface area contributed by atoms with Crippen molar-refractivity contribution in [2.24, 2.45) is 11.8 Å². The molecule has 0 aliphatic heterocycles. The molecule has 0 unspecified atom stereocenters. The lowest BCUT2D eigenvalue weighted by Crippen LogP contribution is -2.05. The van der Waals surface area contributed by atoms with Crippen LogP contribution in [-0.4, -0.2) is 18.6 Å². The van der Waals surface area contributed by atoms with Crippen molar-refractivity contribution in [2.45, 2.75) is 59.3 Å². The highest BCUT2D eigenvalue weighted by atomic mass is 19.1. The smallest absolute Gasteiger partial charge is 0.146 e. The minimum absolute atomic E-state index is 0.218. The summed E-state index contributed by atoms with van der Waals surface area (Å²) >= 11 is 0. The SMILES string of the molecule is COc1c(C)c(-c2ccc(CCC3CC3)nc2)c(C)c(C)c1-c1ccc(NCC2CC2)c(F)c1. The second-order valence-electron chi connectivity index (χ2n) is 10.2. The number of nitrogens with zero attached hydrogens (tertiary/aromatic N) is 1. The third kappa shape index (κ3) is 4.68. The molecule has 5 rings (SSSR count). The van der Waals surface area contributed by atoms with Crippen LogP contribution in [0.3, 0.4) is 0 Å². The standard InChI is InChI=1S/C30H35FN2O/c1-18-19(2)29(23-11-14-27(26(31)15-23)33-16-22-7-8-22)30(34-4)20(3)28(18)24-10-13-25(32-17-24)12-9-21-5-6-21/h10-11,13-15,17,21-22,33H,5-9,12,16H2,1-4H3. The van der Waals surface area contributed by atoms with Crippen molar-refractivity contribution < 1.29 is 9.13 Å². The lowest BCUT2D eigenvalue weighted by Gasteiger charge is -2.22. The second kappa shape index (κ2) is 9.40. The van der Waals surface area contributed by atoms with Crippen molar-refractivity contribution in [1.29, 1.82) is 0 Å². The highest BCUT2D eigenvalue weighted by Gasteiger charge is 2.24. The molecule has 178 valence electrons. The van der Waals surface area contributed by atoms with Crippen molar-refractivity contribution in [3.8, 4) is 28.0 Å². The van der Waals surface area contributed by atoms with Crippen LogP contribution in [-0.2, 0) is 6.42 Å². The first-order valence-electron chi connectivity index (χ1n) is 12.6. The minimum atomic E-state index is -0.218. The molecule has 0 saturated heterocycles. The van der Waals surface area contributed by atoms with Gasteiger partial charge in [0.2, 0.25) is 0 Å². The molecule has 0 amide bonds. The van der Waals surface area contributed by atoms with Gasteiger partial charge in [-0.05, 0) is 104 Å². The molecule has 1 aromatic heterocycles. The number of nitrogens with one attached hydrogen (secondary N) is 1. The van der Waals surface area contributed by atoms with Gasteiger partial charge in [0.15, 0.2) is 0 Å². The van der Waals surface area contributed by atoms with Crippen LogP contribution in [0.25, 0.3) is 22.3 Å². The lowest BCUT2D eigenvalue weighted by molar-refractivity contribution is 0.413. The Morgan fingerprint density at radius 1 is 0.912 bits per heavy atom. The Kier molecular flexibility index (Phi) is 6.33. The van der Waals surface area contributed by atoms with E-state index >= 15 is 0 Å². The maximum atomic E-state index is 15.0. The van der Waals surface area contributed by atoms with E-state index in [0.717, 1.165) is 63.7 Å². The number of benzene rings is 2. The number of methoxy groups -OCH3 is 1. The van der Waals surface area contributed by atoms with Crippen LogP contribution in [0.2, 0.25) is 0 Å². The predicted molar refractivity (Wildman–Crippen MR) is 138 cm³/mol. The van der Waals surface area contributed by atoms with Crippen LogP contribution < -0.4 is 10.1 Å². The summed E-state index contributed by atoms with van der Waals surface area (Å²) in [5.74, 6) is 2.19. The highest BCUT2D eigenvalue weighted by Crippen LogP contribution is 2.44. The van der Waals surface area contributed by atoms with E-state index in [1.54, 1.807) is 13.2 Å².